The predicted molar refractivity (Wildman–Crippen MR) is 82.6 cm³/mol. The number of nitrogens with one attached hydrogen (secondary N) is 1. The average molecular weight is 353 g/mol. The SMILES string of the molecule is O=[N+]([O-])c1cc(Br)cc(CNCCc2ccccc2F)c1. The van der Waals surface area contributed by atoms with Gasteiger partial charge in [0.05, 0.1) is 4.92 Å². The largest absolute Gasteiger partial charge is 0.312 e. The first-order chi connectivity index (χ1) is 10.1. The molecule has 2 aromatic carbocycles. The van der Waals surface area contributed by atoms with E-state index in [0.29, 0.717) is 29.5 Å². The van der Waals surface area contributed by atoms with Gasteiger partial charge in [0, 0.05) is 23.2 Å². The van der Waals surface area contributed by atoms with Crippen molar-refractivity contribution >= 4 is 21.6 Å². The summed E-state index contributed by atoms with van der Waals surface area (Å²) in [5, 5.41) is 13.9. The van der Waals surface area contributed by atoms with E-state index in [4.69, 9.17) is 0 Å². The zero-order valence-electron chi connectivity index (χ0n) is 11.2. The van der Waals surface area contributed by atoms with Crippen LogP contribution in [0.4, 0.5) is 10.1 Å². The number of benzene rings is 2. The Morgan fingerprint density at radius 2 is 2.00 bits per heavy atom. The van der Waals surface area contributed by atoms with Crippen LogP contribution in [0, 0.1) is 15.9 Å². The topological polar surface area (TPSA) is 55.2 Å². The van der Waals surface area contributed by atoms with Crippen LogP contribution in [0.3, 0.4) is 0 Å². The molecule has 2 rings (SSSR count). The van der Waals surface area contributed by atoms with Crippen molar-refractivity contribution in [3.8, 4) is 0 Å². The highest BCUT2D eigenvalue weighted by Gasteiger charge is 2.08. The molecule has 2 aromatic rings. The minimum Gasteiger partial charge on any atom is -0.312 e. The number of non-ortho nitro benzene ring substituents is 1. The lowest BCUT2D eigenvalue weighted by atomic mass is 10.1. The van der Waals surface area contributed by atoms with Crippen molar-refractivity contribution < 1.29 is 9.31 Å². The van der Waals surface area contributed by atoms with E-state index in [2.05, 4.69) is 21.2 Å². The van der Waals surface area contributed by atoms with Gasteiger partial charge in [-0.2, -0.15) is 0 Å². The maximum Gasteiger partial charge on any atom is 0.270 e. The number of nitro groups is 1. The van der Waals surface area contributed by atoms with Gasteiger partial charge in [-0.1, -0.05) is 34.1 Å². The minimum atomic E-state index is -0.423. The van der Waals surface area contributed by atoms with Gasteiger partial charge in [0.2, 0.25) is 0 Å². The number of nitrogens with zero attached hydrogens (tertiary/aromatic N) is 1. The highest BCUT2D eigenvalue weighted by atomic mass is 79.9. The molecule has 0 spiro atoms. The van der Waals surface area contributed by atoms with Crippen LogP contribution in [0.15, 0.2) is 46.9 Å². The Bertz CT molecular complexity index is 649. The van der Waals surface area contributed by atoms with Gasteiger partial charge >= 0.3 is 0 Å². The monoisotopic (exact) mass is 352 g/mol. The van der Waals surface area contributed by atoms with Gasteiger partial charge in [-0.25, -0.2) is 4.39 Å². The molecule has 21 heavy (non-hydrogen) atoms. The third-order valence-corrected chi connectivity index (χ3v) is 3.47. The molecule has 0 radical (unpaired) electrons. The van der Waals surface area contributed by atoms with Gasteiger partial charge in [-0.05, 0) is 36.2 Å². The second kappa shape index (κ2) is 7.28. The van der Waals surface area contributed by atoms with Crippen LogP contribution in [-0.4, -0.2) is 11.5 Å². The molecule has 0 heterocycles. The molecule has 6 heteroatoms. The summed E-state index contributed by atoms with van der Waals surface area (Å²) in [5.74, 6) is -0.211. The molecule has 0 bridgehead atoms. The molecule has 0 aliphatic carbocycles. The molecule has 0 aromatic heterocycles. The summed E-state index contributed by atoms with van der Waals surface area (Å²) in [6.45, 7) is 1.09. The van der Waals surface area contributed by atoms with E-state index in [1.807, 2.05) is 6.07 Å². The second-order valence-corrected chi connectivity index (χ2v) is 5.51. The van der Waals surface area contributed by atoms with Crippen molar-refractivity contribution in [1.29, 1.82) is 0 Å². The van der Waals surface area contributed by atoms with E-state index in [9.17, 15) is 14.5 Å². The summed E-state index contributed by atoms with van der Waals surface area (Å²) in [7, 11) is 0. The minimum absolute atomic E-state index is 0.0512. The van der Waals surface area contributed by atoms with Crippen LogP contribution in [0.25, 0.3) is 0 Å². The Labute approximate surface area is 130 Å². The average Bonchev–Trinajstić information content (AvgIpc) is 2.44. The maximum atomic E-state index is 13.4. The van der Waals surface area contributed by atoms with E-state index in [1.54, 1.807) is 18.2 Å². The van der Waals surface area contributed by atoms with Crippen molar-refractivity contribution in [2.24, 2.45) is 0 Å². The standard InChI is InChI=1S/C15H14BrFN2O2/c16-13-7-11(8-14(9-13)19(20)21)10-18-6-5-12-3-1-2-4-15(12)17/h1-4,7-9,18H,5-6,10H2. The van der Waals surface area contributed by atoms with Crippen LogP contribution in [0.2, 0.25) is 0 Å². The zero-order chi connectivity index (χ0) is 15.2. The van der Waals surface area contributed by atoms with Gasteiger partial charge in [-0.3, -0.25) is 10.1 Å². The van der Waals surface area contributed by atoms with Crippen LogP contribution in [-0.2, 0) is 13.0 Å². The molecule has 0 aliphatic heterocycles. The van der Waals surface area contributed by atoms with Crippen molar-refractivity contribution in [2.75, 3.05) is 6.54 Å². The summed E-state index contributed by atoms with van der Waals surface area (Å²) in [5.41, 5.74) is 1.52. The van der Waals surface area contributed by atoms with E-state index >= 15 is 0 Å². The Kier molecular flexibility index (Phi) is 5.41. The van der Waals surface area contributed by atoms with E-state index in [0.717, 1.165) is 5.56 Å². The number of rotatable bonds is 6. The molecule has 0 amide bonds. The molecule has 110 valence electrons. The maximum absolute atomic E-state index is 13.4. The number of hydrogen-bond acceptors (Lipinski definition) is 3. The normalized spacial score (nSPS) is 10.6. The molecular formula is C15H14BrFN2O2. The van der Waals surface area contributed by atoms with Crippen LogP contribution in [0.5, 0.6) is 0 Å². The molecule has 0 aliphatic rings. The van der Waals surface area contributed by atoms with E-state index < -0.39 is 4.92 Å². The molecule has 0 saturated heterocycles. The van der Waals surface area contributed by atoms with Crippen molar-refractivity contribution in [2.45, 2.75) is 13.0 Å². The fraction of sp³-hybridized carbons (Fsp3) is 0.200. The summed E-state index contributed by atoms with van der Waals surface area (Å²) in [6, 6.07) is 11.5. The first kappa shape index (κ1) is 15.6. The smallest absolute Gasteiger partial charge is 0.270 e. The van der Waals surface area contributed by atoms with Gasteiger partial charge in [-0.15, -0.1) is 0 Å². The summed E-state index contributed by atoms with van der Waals surface area (Å²) in [6.07, 6.45) is 0.572. The third kappa shape index (κ3) is 4.61. The van der Waals surface area contributed by atoms with Crippen molar-refractivity contribution in [3.63, 3.8) is 0 Å². The molecule has 0 saturated carbocycles. The molecule has 4 nitrogen and oxygen atoms in total. The van der Waals surface area contributed by atoms with Crippen LogP contribution >= 0.6 is 15.9 Å². The number of hydrogen-bond donors (Lipinski definition) is 1. The fourth-order valence-corrected chi connectivity index (χ4v) is 2.53. The lowest BCUT2D eigenvalue weighted by molar-refractivity contribution is -0.385. The molecule has 0 atom stereocenters. The number of halogens is 2. The van der Waals surface area contributed by atoms with Crippen molar-refractivity contribution in [1.82, 2.24) is 5.32 Å². The van der Waals surface area contributed by atoms with Crippen LogP contribution in [0.1, 0.15) is 11.1 Å². The zero-order valence-corrected chi connectivity index (χ0v) is 12.8. The molecular weight excluding hydrogens is 339 g/mol. The Hall–Kier alpha value is -1.79. The second-order valence-electron chi connectivity index (χ2n) is 4.59. The summed E-state index contributed by atoms with van der Waals surface area (Å²) < 4.78 is 14.1. The highest BCUT2D eigenvalue weighted by Crippen LogP contribution is 2.21. The molecule has 0 fully saturated rings. The van der Waals surface area contributed by atoms with Crippen LogP contribution < -0.4 is 5.32 Å². The predicted octanol–water partition coefficient (Wildman–Crippen LogP) is 3.83. The first-order valence-corrected chi connectivity index (χ1v) is 7.23. The third-order valence-electron chi connectivity index (χ3n) is 3.01. The van der Waals surface area contributed by atoms with E-state index in [1.165, 1.54) is 18.2 Å². The van der Waals surface area contributed by atoms with Crippen molar-refractivity contribution in [3.05, 3.63) is 74.0 Å². The van der Waals surface area contributed by atoms with E-state index in [-0.39, 0.29) is 11.5 Å². The summed E-state index contributed by atoms with van der Waals surface area (Å²) >= 11 is 3.25. The van der Waals surface area contributed by atoms with Gasteiger partial charge in [0.15, 0.2) is 0 Å². The highest BCUT2D eigenvalue weighted by molar-refractivity contribution is 9.10. The number of nitro benzene ring substituents is 1. The van der Waals surface area contributed by atoms with Gasteiger partial charge in [0.25, 0.3) is 5.69 Å². The van der Waals surface area contributed by atoms with Gasteiger partial charge < -0.3 is 5.32 Å². The molecule has 1 N–H and O–H groups in total. The Morgan fingerprint density at radius 3 is 2.71 bits per heavy atom. The molecule has 0 unspecified atom stereocenters. The first-order valence-electron chi connectivity index (χ1n) is 6.44. The fourth-order valence-electron chi connectivity index (χ4n) is 2.00. The Morgan fingerprint density at radius 1 is 1.24 bits per heavy atom. The van der Waals surface area contributed by atoms with Gasteiger partial charge in [0.1, 0.15) is 5.82 Å². The lowest BCUT2D eigenvalue weighted by Crippen LogP contribution is -2.17. The summed E-state index contributed by atoms with van der Waals surface area (Å²) in [4.78, 5) is 10.4. The Balaban J connectivity index is 1.89. The quantitative estimate of drug-likeness (QED) is 0.488. The lowest BCUT2D eigenvalue weighted by Gasteiger charge is -2.06.